The van der Waals surface area contributed by atoms with Crippen LogP contribution in [0.25, 0.3) is 0 Å². The Bertz CT molecular complexity index is 886. The van der Waals surface area contributed by atoms with Gasteiger partial charge in [0.15, 0.2) is 0 Å². The second-order valence-corrected chi connectivity index (χ2v) is 8.42. The Morgan fingerprint density at radius 1 is 1.22 bits per heavy atom. The molecule has 0 spiro atoms. The molecule has 1 aromatic carbocycles. The molecule has 2 aromatic heterocycles. The van der Waals surface area contributed by atoms with Gasteiger partial charge in [0, 0.05) is 44.0 Å². The lowest BCUT2D eigenvalue weighted by atomic mass is 9.91. The van der Waals surface area contributed by atoms with Crippen molar-refractivity contribution in [2.75, 3.05) is 18.0 Å². The minimum atomic E-state index is -0.512. The summed E-state index contributed by atoms with van der Waals surface area (Å²) in [5.41, 5.74) is 1.18. The lowest BCUT2D eigenvalue weighted by Crippen LogP contribution is -2.36. The number of anilines is 1. The van der Waals surface area contributed by atoms with Gasteiger partial charge in [-0.25, -0.2) is 4.98 Å². The first-order valence-electron chi connectivity index (χ1n) is 9.07. The third-order valence-corrected chi connectivity index (χ3v) is 6.34. The minimum Gasteiger partial charge on any atom is -0.385 e. The highest BCUT2D eigenvalue weighted by atomic mass is 35.5. The van der Waals surface area contributed by atoms with E-state index >= 15 is 0 Å². The topological polar surface area (TPSA) is 67.1 Å². The molecule has 1 fully saturated rings. The standard InChI is InChI=1S/C19H22ClN5OS/c1-24-11-8-21-18(24)17(26)14-6-9-25(10-7-14)19-23-22-16(27-19)12-13-2-4-15(20)5-3-13/h2-5,8,11,14,17,26H,6-7,9-10,12H2,1H3. The van der Waals surface area contributed by atoms with Crippen LogP contribution in [0, 0.1) is 5.92 Å². The number of nitrogens with zero attached hydrogens (tertiary/aromatic N) is 5. The number of piperidine rings is 1. The number of benzene rings is 1. The SMILES string of the molecule is Cn1ccnc1C(O)C1CCN(c2nnc(Cc3ccc(Cl)cc3)s2)CC1. The monoisotopic (exact) mass is 403 g/mol. The number of imidazole rings is 1. The Morgan fingerprint density at radius 2 is 1.96 bits per heavy atom. The zero-order valence-electron chi connectivity index (χ0n) is 15.1. The van der Waals surface area contributed by atoms with Crippen molar-refractivity contribution in [2.24, 2.45) is 13.0 Å². The van der Waals surface area contributed by atoms with E-state index in [4.69, 9.17) is 11.6 Å². The van der Waals surface area contributed by atoms with Gasteiger partial charge in [0.25, 0.3) is 0 Å². The van der Waals surface area contributed by atoms with Crippen LogP contribution in [0.3, 0.4) is 0 Å². The van der Waals surface area contributed by atoms with Crippen molar-refractivity contribution in [3.8, 4) is 0 Å². The van der Waals surface area contributed by atoms with E-state index in [1.165, 1.54) is 5.56 Å². The van der Waals surface area contributed by atoms with Crippen molar-refractivity contribution in [1.82, 2.24) is 19.7 Å². The maximum atomic E-state index is 10.6. The van der Waals surface area contributed by atoms with Crippen LogP contribution in [-0.4, -0.2) is 37.9 Å². The van der Waals surface area contributed by atoms with Crippen molar-refractivity contribution < 1.29 is 5.11 Å². The lowest BCUT2D eigenvalue weighted by molar-refractivity contribution is 0.0825. The van der Waals surface area contributed by atoms with Gasteiger partial charge < -0.3 is 14.6 Å². The average molecular weight is 404 g/mol. The minimum absolute atomic E-state index is 0.226. The van der Waals surface area contributed by atoms with Crippen LogP contribution < -0.4 is 4.90 Å². The Labute approximate surface area is 167 Å². The third-order valence-electron chi connectivity index (χ3n) is 5.10. The van der Waals surface area contributed by atoms with E-state index in [1.807, 2.05) is 42.1 Å². The van der Waals surface area contributed by atoms with Crippen LogP contribution in [0.4, 0.5) is 5.13 Å². The lowest BCUT2D eigenvalue weighted by Gasteiger charge is -2.33. The third kappa shape index (κ3) is 4.15. The molecule has 0 aliphatic carbocycles. The molecule has 1 N–H and O–H groups in total. The average Bonchev–Trinajstić information content (AvgIpc) is 3.32. The first-order valence-corrected chi connectivity index (χ1v) is 10.3. The molecular formula is C19H22ClN5OS. The smallest absolute Gasteiger partial charge is 0.208 e. The maximum absolute atomic E-state index is 10.6. The van der Waals surface area contributed by atoms with Gasteiger partial charge in [0.1, 0.15) is 16.9 Å². The van der Waals surface area contributed by atoms with Crippen molar-refractivity contribution in [3.63, 3.8) is 0 Å². The Hall–Kier alpha value is -1.96. The summed E-state index contributed by atoms with van der Waals surface area (Å²) in [5.74, 6) is 0.971. The van der Waals surface area contributed by atoms with Gasteiger partial charge in [0.05, 0.1) is 0 Å². The van der Waals surface area contributed by atoms with E-state index in [9.17, 15) is 5.11 Å². The molecule has 0 radical (unpaired) electrons. The summed E-state index contributed by atoms with van der Waals surface area (Å²) in [6.45, 7) is 1.75. The fourth-order valence-electron chi connectivity index (χ4n) is 3.50. The maximum Gasteiger partial charge on any atom is 0.208 e. The van der Waals surface area contributed by atoms with E-state index in [2.05, 4.69) is 20.1 Å². The van der Waals surface area contributed by atoms with E-state index in [0.29, 0.717) is 0 Å². The molecule has 6 nitrogen and oxygen atoms in total. The molecule has 1 atom stereocenters. The Kier molecular flexibility index (Phi) is 5.43. The summed E-state index contributed by atoms with van der Waals surface area (Å²) in [7, 11) is 1.92. The van der Waals surface area contributed by atoms with Crippen LogP contribution in [0.5, 0.6) is 0 Å². The molecule has 1 saturated heterocycles. The molecule has 3 aromatic rings. The summed E-state index contributed by atoms with van der Waals surface area (Å²) in [5, 5.41) is 22.1. The number of halogens is 1. The molecule has 3 heterocycles. The predicted octanol–water partition coefficient (Wildman–Crippen LogP) is 3.47. The second-order valence-electron chi connectivity index (χ2n) is 6.95. The highest BCUT2D eigenvalue weighted by Crippen LogP contribution is 2.33. The fourth-order valence-corrected chi connectivity index (χ4v) is 4.55. The van der Waals surface area contributed by atoms with Gasteiger partial charge in [-0.2, -0.15) is 0 Å². The van der Waals surface area contributed by atoms with Gasteiger partial charge in [-0.15, -0.1) is 10.2 Å². The molecule has 1 aliphatic rings. The second kappa shape index (κ2) is 7.96. The number of rotatable bonds is 5. The highest BCUT2D eigenvalue weighted by Gasteiger charge is 2.29. The molecule has 0 amide bonds. The summed E-state index contributed by atoms with van der Waals surface area (Å²) in [6.07, 6.45) is 5.69. The zero-order valence-corrected chi connectivity index (χ0v) is 16.7. The number of aliphatic hydroxyl groups excluding tert-OH is 1. The molecule has 1 unspecified atom stereocenters. The van der Waals surface area contributed by atoms with Crippen molar-refractivity contribution in [2.45, 2.75) is 25.4 Å². The number of hydrogen-bond acceptors (Lipinski definition) is 6. The predicted molar refractivity (Wildman–Crippen MR) is 107 cm³/mol. The van der Waals surface area contributed by atoms with Crippen molar-refractivity contribution in [3.05, 3.63) is 58.1 Å². The van der Waals surface area contributed by atoms with Crippen LogP contribution >= 0.6 is 22.9 Å². The summed E-state index contributed by atoms with van der Waals surface area (Å²) < 4.78 is 1.89. The van der Waals surface area contributed by atoms with Gasteiger partial charge in [0.2, 0.25) is 5.13 Å². The summed E-state index contributed by atoms with van der Waals surface area (Å²) in [4.78, 5) is 6.56. The van der Waals surface area contributed by atoms with Crippen LogP contribution in [0.2, 0.25) is 5.02 Å². The molecule has 142 valence electrons. The normalized spacial score (nSPS) is 16.6. The quantitative estimate of drug-likeness (QED) is 0.706. The van der Waals surface area contributed by atoms with Crippen LogP contribution in [0.1, 0.15) is 35.3 Å². The molecule has 1 aliphatic heterocycles. The largest absolute Gasteiger partial charge is 0.385 e. The molecular weight excluding hydrogens is 382 g/mol. The fraction of sp³-hybridized carbons (Fsp3) is 0.421. The zero-order chi connectivity index (χ0) is 18.8. The molecule has 0 bridgehead atoms. The van der Waals surface area contributed by atoms with Crippen molar-refractivity contribution >= 4 is 28.1 Å². The van der Waals surface area contributed by atoms with Gasteiger partial charge in [-0.1, -0.05) is 35.1 Å². The number of aromatic nitrogens is 4. The number of hydrogen-bond donors (Lipinski definition) is 1. The molecule has 8 heteroatoms. The molecule has 4 rings (SSSR count). The Balaban J connectivity index is 1.35. The highest BCUT2D eigenvalue weighted by molar-refractivity contribution is 7.15. The van der Waals surface area contributed by atoms with Crippen LogP contribution in [-0.2, 0) is 13.5 Å². The van der Waals surface area contributed by atoms with Crippen LogP contribution in [0.15, 0.2) is 36.7 Å². The number of aliphatic hydroxyl groups is 1. The van der Waals surface area contributed by atoms with Crippen molar-refractivity contribution in [1.29, 1.82) is 0 Å². The number of aryl methyl sites for hydroxylation is 1. The summed E-state index contributed by atoms with van der Waals surface area (Å²) >= 11 is 7.58. The van der Waals surface area contributed by atoms with E-state index in [0.717, 1.165) is 53.3 Å². The Morgan fingerprint density at radius 3 is 2.63 bits per heavy atom. The molecule has 0 saturated carbocycles. The first kappa shape index (κ1) is 18.4. The van der Waals surface area contributed by atoms with E-state index < -0.39 is 6.10 Å². The first-order chi connectivity index (χ1) is 13.1. The van der Waals surface area contributed by atoms with Gasteiger partial charge in [-0.05, 0) is 36.5 Å². The van der Waals surface area contributed by atoms with Gasteiger partial charge in [-0.3, -0.25) is 0 Å². The van der Waals surface area contributed by atoms with E-state index in [1.54, 1.807) is 17.5 Å². The van der Waals surface area contributed by atoms with E-state index in [-0.39, 0.29) is 5.92 Å². The van der Waals surface area contributed by atoms with Gasteiger partial charge >= 0.3 is 0 Å². The molecule has 27 heavy (non-hydrogen) atoms. The summed E-state index contributed by atoms with van der Waals surface area (Å²) in [6, 6.07) is 7.84.